The first-order valence-electron chi connectivity index (χ1n) is 7.46. The quantitative estimate of drug-likeness (QED) is 0.365. The molecule has 0 aromatic carbocycles. The number of carbonyl (C=O) groups excluding carboxylic acids is 2. The third-order valence-corrected chi connectivity index (χ3v) is 0.797. The van der Waals surface area contributed by atoms with E-state index in [4.69, 9.17) is 12.3 Å². The normalized spacial score (nSPS) is 26.8. The summed E-state index contributed by atoms with van der Waals surface area (Å²) in [5, 5.41) is 0. The third-order valence-electron chi connectivity index (χ3n) is 0.797. The van der Waals surface area contributed by atoms with Crippen LogP contribution in [0.3, 0.4) is 0 Å². The fourth-order valence-corrected chi connectivity index (χ4v) is 0.351. The van der Waals surface area contributed by atoms with Gasteiger partial charge in [-0.15, -0.1) is 0 Å². The zero-order valence-electron chi connectivity index (χ0n) is 15.4. The van der Waals surface area contributed by atoms with Crippen molar-refractivity contribution in [1.82, 2.24) is 0 Å². The van der Waals surface area contributed by atoms with Crippen molar-refractivity contribution >= 4 is 12.3 Å². The van der Waals surface area contributed by atoms with E-state index in [2.05, 4.69) is 4.74 Å². The van der Waals surface area contributed by atoms with Gasteiger partial charge in [0.1, 0.15) is 6.29 Å². The number of aldehydes is 1. The number of hydrogen-bond acceptors (Lipinski definition) is 3. The van der Waals surface area contributed by atoms with Gasteiger partial charge in [0.2, 0.25) is 0 Å². The van der Waals surface area contributed by atoms with Gasteiger partial charge in [0.25, 0.3) is 0 Å². The molecule has 0 amide bonds. The van der Waals surface area contributed by atoms with Crippen LogP contribution in [0.15, 0.2) is 11.6 Å². The molecule has 0 bridgehead atoms. The molecule has 68 valence electrons. The minimum atomic E-state index is -3.66. The fourth-order valence-electron chi connectivity index (χ4n) is 0.351. The Bertz CT molecular complexity index is 450. The van der Waals surface area contributed by atoms with Crippen LogP contribution in [0.2, 0.25) is 0 Å². The molecule has 3 heteroatoms. The monoisotopic (exact) mass is 179 g/mol. The van der Waals surface area contributed by atoms with E-state index in [-0.39, 0.29) is 11.9 Å². The van der Waals surface area contributed by atoms with Crippen LogP contribution in [0.25, 0.3) is 0 Å². The zero-order valence-corrected chi connectivity index (χ0v) is 6.38. The molecule has 0 radical (unpaired) electrons. The van der Waals surface area contributed by atoms with Crippen LogP contribution in [0, 0.1) is 0 Å². The molecule has 0 spiro atoms. The van der Waals surface area contributed by atoms with E-state index in [1.165, 1.54) is 6.92 Å². The minimum Gasteiger partial charge on any atom is -0.463 e. The topological polar surface area (TPSA) is 43.4 Å². The summed E-state index contributed by atoms with van der Waals surface area (Å²) in [6.45, 7) is -5.84. The second-order valence-corrected chi connectivity index (χ2v) is 1.78. The Morgan fingerprint density at radius 2 is 2.50 bits per heavy atom. The summed E-state index contributed by atoms with van der Waals surface area (Å²) in [5.74, 6) is -1.44. The van der Waals surface area contributed by atoms with Crippen LogP contribution in [0.1, 0.15) is 38.9 Å². The van der Waals surface area contributed by atoms with E-state index >= 15 is 0 Å². The lowest BCUT2D eigenvalue weighted by Gasteiger charge is -1.98. The zero-order chi connectivity index (χ0) is 17.3. The third kappa shape index (κ3) is 5.65. The molecule has 0 aliphatic carbocycles. The molecule has 0 aliphatic rings. The molecule has 0 fully saturated rings. The Morgan fingerprint density at radius 3 is 3.08 bits per heavy atom. The van der Waals surface area contributed by atoms with Gasteiger partial charge in [0.05, 0.1) is 9.30 Å². The van der Waals surface area contributed by atoms with Crippen LogP contribution in [0.5, 0.6) is 0 Å². The average Bonchev–Trinajstić information content (AvgIpc) is 2.25. The summed E-state index contributed by atoms with van der Waals surface area (Å²) in [6.07, 6.45) is -6.43. The number of carbonyl (C=O) groups is 2. The molecule has 0 aromatic heterocycles. The Labute approximate surface area is 85.1 Å². The highest BCUT2D eigenvalue weighted by Gasteiger charge is 1.97. The van der Waals surface area contributed by atoms with E-state index in [1.54, 1.807) is 0 Å². The van der Waals surface area contributed by atoms with Crippen molar-refractivity contribution in [3.63, 3.8) is 0 Å². The largest absolute Gasteiger partial charge is 0.463 e. The highest BCUT2D eigenvalue weighted by Crippen LogP contribution is 1.92. The van der Waals surface area contributed by atoms with Crippen molar-refractivity contribution in [2.24, 2.45) is 0 Å². The summed E-state index contributed by atoms with van der Waals surface area (Å²) < 4.78 is 69.0. The van der Waals surface area contributed by atoms with Crippen LogP contribution in [-0.4, -0.2) is 18.8 Å². The maximum absolute atomic E-state index is 11.3. The molecule has 3 nitrogen and oxygen atoms in total. The maximum Gasteiger partial charge on any atom is 0.331 e. The second-order valence-electron chi connectivity index (χ2n) is 1.78. The van der Waals surface area contributed by atoms with E-state index in [0.29, 0.717) is 6.08 Å². The summed E-state index contributed by atoms with van der Waals surface area (Å²) in [5.41, 5.74) is -0.129. The molecular formula is C9H14O3. The molecule has 0 saturated heterocycles. The van der Waals surface area contributed by atoms with Crippen molar-refractivity contribution in [2.75, 3.05) is 6.56 Å². The number of ether oxygens (including phenoxy) is 1. The predicted octanol–water partition coefficient (Wildman–Crippen LogP) is 1.47. The molecule has 0 heterocycles. The summed E-state index contributed by atoms with van der Waals surface area (Å²) in [4.78, 5) is 21.6. The number of rotatable bonds is 5. The minimum absolute atomic E-state index is 0.129. The van der Waals surface area contributed by atoms with E-state index in [0.717, 1.165) is 0 Å². The van der Waals surface area contributed by atoms with Gasteiger partial charge in [0.15, 0.2) is 0 Å². The molecule has 0 N–H and O–H groups in total. The average molecular weight is 179 g/mol. The van der Waals surface area contributed by atoms with Gasteiger partial charge in [-0.25, -0.2) is 4.79 Å². The number of esters is 1. The van der Waals surface area contributed by atoms with Crippen LogP contribution < -0.4 is 0 Å². The van der Waals surface area contributed by atoms with Crippen LogP contribution in [0.4, 0.5) is 0 Å². The highest BCUT2D eigenvalue weighted by molar-refractivity contribution is 5.89. The van der Waals surface area contributed by atoms with Crippen LogP contribution >= 0.6 is 0 Å². The second kappa shape index (κ2) is 6.58. The molecule has 12 heavy (non-hydrogen) atoms. The highest BCUT2D eigenvalue weighted by atomic mass is 16.5. The van der Waals surface area contributed by atoms with Gasteiger partial charge in [-0.05, 0) is 18.9 Å². The van der Waals surface area contributed by atoms with Crippen molar-refractivity contribution in [2.45, 2.75) is 26.5 Å². The molecule has 0 atom stereocenters. The molecule has 0 saturated carbocycles. The van der Waals surface area contributed by atoms with Gasteiger partial charge in [-0.3, -0.25) is 4.79 Å². The summed E-state index contributed by atoms with van der Waals surface area (Å²) in [6, 6.07) is 0. The molecule has 0 aromatic rings. The lowest BCUT2D eigenvalue weighted by molar-refractivity contribution is -0.138. The van der Waals surface area contributed by atoms with Gasteiger partial charge in [-0.1, -0.05) is 13.2 Å². The molecule has 0 unspecified atom stereocenters. The van der Waals surface area contributed by atoms with Crippen molar-refractivity contribution < 1.29 is 26.7 Å². The van der Waals surface area contributed by atoms with E-state index in [1.807, 2.05) is 0 Å². The first kappa shape index (κ1) is 2.98. The lowest BCUT2D eigenvalue weighted by atomic mass is 10.3. The van der Waals surface area contributed by atoms with Crippen LogP contribution in [-0.2, 0) is 14.3 Å². The SMILES string of the molecule is [2H]C([2H])([2H])C([2H])([2H])C([2H])([2H])C([2H])([2H])OC(=O)/C=C(\C)C=O. The Kier molecular flexibility index (Phi) is 1.63. The Morgan fingerprint density at radius 1 is 1.75 bits per heavy atom. The van der Waals surface area contributed by atoms with Crippen molar-refractivity contribution in [3.05, 3.63) is 11.6 Å². The van der Waals surface area contributed by atoms with Gasteiger partial charge >= 0.3 is 5.97 Å². The lowest BCUT2D eigenvalue weighted by Crippen LogP contribution is -2.03. The van der Waals surface area contributed by atoms with E-state index < -0.39 is 32.1 Å². The first-order valence-corrected chi connectivity index (χ1v) is 2.96. The Hall–Kier alpha value is -1.12. The smallest absolute Gasteiger partial charge is 0.331 e. The standard InChI is InChI=1S/C9H14O3/c1-3-4-5-12-9(11)6-8(2)7-10/h6-7H,3-5H2,1-2H3/b8-6+/i1D3,3D2,4D2,5D2. The van der Waals surface area contributed by atoms with Gasteiger partial charge in [-0.2, -0.15) is 0 Å². The summed E-state index contributed by atoms with van der Waals surface area (Å²) in [7, 11) is 0. The predicted molar refractivity (Wildman–Crippen MR) is 45.7 cm³/mol. The first-order chi connectivity index (χ1) is 9.10. The summed E-state index contributed by atoms with van der Waals surface area (Å²) >= 11 is 0. The number of hydrogen-bond donors (Lipinski definition) is 0. The van der Waals surface area contributed by atoms with Gasteiger partial charge in [0, 0.05) is 15.7 Å². The molecular weight excluding hydrogens is 156 g/mol. The maximum atomic E-state index is 11.3. The Balaban J connectivity index is 5.50. The van der Waals surface area contributed by atoms with Crippen molar-refractivity contribution in [3.8, 4) is 0 Å². The van der Waals surface area contributed by atoms with Gasteiger partial charge < -0.3 is 4.74 Å². The molecule has 0 aliphatic heterocycles. The van der Waals surface area contributed by atoms with Crippen molar-refractivity contribution in [1.29, 1.82) is 0 Å². The fraction of sp³-hybridized carbons (Fsp3) is 0.556. The number of allylic oxidation sites excluding steroid dienone is 1. The molecule has 0 rings (SSSR count). The van der Waals surface area contributed by atoms with E-state index in [9.17, 15) is 9.59 Å².